The van der Waals surface area contributed by atoms with E-state index in [0.717, 1.165) is 23.3 Å². The molecule has 0 saturated carbocycles. The van der Waals surface area contributed by atoms with Crippen LogP contribution in [0.1, 0.15) is 28.8 Å². The molecule has 0 saturated heterocycles. The van der Waals surface area contributed by atoms with Crippen molar-refractivity contribution in [1.82, 2.24) is 0 Å². The predicted octanol–water partition coefficient (Wildman–Crippen LogP) is 2.08. The van der Waals surface area contributed by atoms with Crippen molar-refractivity contribution in [2.45, 2.75) is 19.4 Å². The van der Waals surface area contributed by atoms with Gasteiger partial charge in [0.25, 0.3) is 0 Å². The summed E-state index contributed by atoms with van der Waals surface area (Å²) in [4.78, 5) is 16.1. The van der Waals surface area contributed by atoms with E-state index in [1.165, 1.54) is 0 Å². The second-order valence-corrected chi connectivity index (χ2v) is 3.79. The van der Waals surface area contributed by atoms with E-state index in [9.17, 15) is 4.79 Å². The summed E-state index contributed by atoms with van der Waals surface area (Å²) in [5, 5.41) is 0. The van der Waals surface area contributed by atoms with Crippen LogP contribution in [0.4, 0.5) is 0 Å². The first kappa shape index (κ1) is 10.8. The Bertz CT molecular complexity index is 461. The molecular weight excluding hydrogens is 200 g/mol. The van der Waals surface area contributed by atoms with Crippen molar-refractivity contribution in [3.63, 3.8) is 0 Å². The van der Waals surface area contributed by atoms with Crippen molar-refractivity contribution in [1.29, 1.82) is 0 Å². The number of hydrogen-bond donors (Lipinski definition) is 1. The molecule has 0 fully saturated rings. The quantitative estimate of drug-likeness (QED) is 0.780. The zero-order valence-corrected chi connectivity index (χ0v) is 9.02. The van der Waals surface area contributed by atoms with Crippen LogP contribution < -0.4 is 5.73 Å². The maximum absolute atomic E-state index is 11.9. The Kier molecular flexibility index (Phi) is 3.27. The fourth-order valence-electron chi connectivity index (χ4n) is 1.68. The number of allylic oxidation sites excluding steroid dienone is 1. The minimum absolute atomic E-state index is 0.109. The molecule has 1 aromatic rings. The zero-order chi connectivity index (χ0) is 11.4. The van der Waals surface area contributed by atoms with Crippen LogP contribution in [0.25, 0.3) is 0 Å². The number of carbonyl (C=O) groups is 1. The summed E-state index contributed by atoms with van der Waals surface area (Å²) in [6, 6.07) is 7.46. The molecule has 1 aliphatic heterocycles. The highest BCUT2D eigenvalue weighted by Gasteiger charge is 2.11. The van der Waals surface area contributed by atoms with Gasteiger partial charge in [-0.1, -0.05) is 24.3 Å². The Hall–Kier alpha value is -1.74. The van der Waals surface area contributed by atoms with Crippen molar-refractivity contribution in [3.05, 3.63) is 47.7 Å². The van der Waals surface area contributed by atoms with Gasteiger partial charge in [0, 0.05) is 36.9 Å². The molecule has 3 heteroatoms. The SMILES string of the molecule is NCc1cccc(C(=O)CC2=NC=CC2)c1. The lowest BCUT2D eigenvalue weighted by atomic mass is 10.0. The molecule has 0 aliphatic carbocycles. The summed E-state index contributed by atoms with van der Waals surface area (Å²) in [5.41, 5.74) is 8.17. The van der Waals surface area contributed by atoms with Crippen LogP contribution in [0.3, 0.4) is 0 Å². The third kappa shape index (κ3) is 2.44. The normalized spacial score (nSPS) is 13.9. The first-order valence-electron chi connectivity index (χ1n) is 5.32. The second kappa shape index (κ2) is 4.86. The molecule has 0 spiro atoms. The minimum atomic E-state index is 0.109. The van der Waals surface area contributed by atoms with Gasteiger partial charge in [0.2, 0.25) is 0 Å². The molecule has 2 N–H and O–H groups in total. The number of nitrogens with two attached hydrogens (primary N) is 1. The molecule has 16 heavy (non-hydrogen) atoms. The van der Waals surface area contributed by atoms with E-state index >= 15 is 0 Å². The van der Waals surface area contributed by atoms with Crippen LogP contribution >= 0.6 is 0 Å². The largest absolute Gasteiger partial charge is 0.326 e. The second-order valence-electron chi connectivity index (χ2n) is 3.79. The molecule has 0 bridgehead atoms. The first-order valence-corrected chi connectivity index (χ1v) is 5.32. The highest BCUT2D eigenvalue weighted by atomic mass is 16.1. The van der Waals surface area contributed by atoms with E-state index in [0.29, 0.717) is 13.0 Å². The fraction of sp³-hybridized carbons (Fsp3) is 0.231. The molecule has 2 rings (SSSR count). The summed E-state index contributed by atoms with van der Waals surface area (Å²) in [5.74, 6) is 0.109. The number of Topliss-reactive ketones (excluding diaryl/α,β-unsaturated/α-hetero) is 1. The average molecular weight is 214 g/mol. The minimum Gasteiger partial charge on any atom is -0.326 e. The number of carbonyl (C=O) groups excluding carboxylic acids is 1. The molecule has 1 heterocycles. The number of hydrogen-bond acceptors (Lipinski definition) is 3. The van der Waals surface area contributed by atoms with Gasteiger partial charge in [0.15, 0.2) is 5.78 Å². The summed E-state index contributed by atoms with van der Waals surface area (Å²) in [6.07, 6.45) is 4.90. The summed E-state index contributed by atoms with van der Waals surface area (Å²) in [6.45, 7) is 0.462. The molecule has 1 aliphatic rings. The van der Waals surface area contributed by atoms with Crippen LogP contribution in [0.15, 0.2) is 41.5 Å². The fourth-order valence-corrected chi connectivity index (χ4v) is 1.68. The molecule has 3 nitrogen and oxygen atoms in total. The topological polar surface area (TPSA) is 55.5 Å². The molecule has 82 valence electrons. The third-order valence-electron chi connectivity index (χ3n) is 2.57. The van der Waals surface area contributed by atoms with Gasteiger partial charge in [-0.3, -0.25) is 9.79 Å². The summed E-state index contributed by atoms with van der Waals surface area (Å²) < 4.78 is 0. The molecular formula is C13H14N2O. The van der Waals surface area contributed by atoms with E-state index in [4.69, 9.17) is 5.73 Å². The Morgan fingerprint density at radius 2 is 2.31 bits per heavy atom. The number of benzene rings is 1. The lowest BCUT2D eigenvalue weighted by Gasteiger charge is -2.03. The van der Waals surface area contributed by atoms with Crippen LogP contribution in [0.2, 0.25) is 0 Å². The monoisotopic (exact) mass is 214 g/mol. The third-order valence-corrected chi connectivity index (χ3v) is 2.57. The van der Waals surface area contributed by atoms with Gasteiger partial charge in [-0.25, -0.2) is 0 Å². The van der Waals surface area contributed by atoms with E-state index in [-0.39, 0.29) is 5.78 Å². The van der Waals surface area contributed by atoms with E-state index < -0.39 is 0 Å². The lowest BCUT2D eigenvalue weighted by Crippen LogP contribution is -2.07. The van der Waals surface area contributed by atoms with Gasteiger partial charge in [0.05, 0.1) is 0 Å². The Morgan fingerprint density at radius 1 is 1.44 bits per heavy atom. The molecule has 0 aromatic heterocycles. The summed E-state index contributed by atoms with van der Waals surface area (Å²) in [7, 11) is 0. The van der Waals surface area contributed by atoms with Crippen LogP contribution in [0.5, 0.6) is 0 Å². The molecule has 1 aromatic carbocycles. The van der Waals surface area contributed by atoms with Crippen molar-refractivity contribution in [3.8, 4) is 0 Å². The van der Waals surface area contributed by atoms with Crippen molar-refractivity contribution < 1.29 is 4.79 Å². The number of nitrogens with zero attached hydrogens (tertiary/aromatic N) is 1. The van der Waals surface area contributed by atoms with Crippen LogP contribution in [-0.2, 0) is 6.54 Å². The van der Waals surface area contributed by atoms with Crippen LogP contribution in [0, 0.1) is 0 Å². The Balaban J connectivity index is 2.08. The number of ketones is 1. The van der Waals surface area contributed by atoms with Crippen LogP contribution in [-0.4, -0.2) is 11.5 Å². The predicted molar refractivity (Wildman–Crippen MR) is 64.5 cm³/mol. The number of rotatable bonds is 4. The summed E-state index contributed by atoms with van der Waals surface area (Å²) >= 11 is 0. The lowest BCUT2D eigenvalue weighted by molar-refractivity contribution is 0.100. The number of aliphatic imine (C=N–C) groups is 1. The Morgan fingerprint density at radius 3 is 3.00 bits per heavy atom. The van der Waals surface area contributed by atoms with Gasteiger partial charge in [-0.05, 0) is 11.6 Å². The van der Waals surface area contributed by atoms with Crippen molar-refractivity contribution in [2.24, 2.45) is 10.7 Å². The standard InChI is InChI=1S/C13H14N2O/c14-9-10-3-1-4-11(7-10)13(16)8-12-5-2-6-15-12/h1-4,6-7H,5,8-9,14H2. The highest BCUT2D eigenvalue weighted by Crippen LogP contribution is 2.11. The molecule has 0 atom stereocenters. The Labute approximate surface area is 94.7 Å². The molecule has 0 radical (unpaired) electrons. The van der Waals surface area contributed by atoms with Gasteiger partial charge in [-0.2, -0.15) is 0 Å². The van der Waals surface area contributed by atoms with E-state index in [1.54, 1.807) is 6.20 Å². The zero-order valence-electron chi connectivity index (χ0n) is 9.02. The maximum Gasteiger partial charge on any atom is 0.168 e. The average Bonchev–Trinajstić information content (AvgIpc) is 2.82. The van der Waals surface area contributed by atoms with E-state index in [2.05, 4.69) is 4.99 Å². The smallest absolute Gasteiger partial charge is 0.168 e. The van der Waals surface area contributed by atoms with Gasteiger partial charge in [0.1, 0.15) is 0 Å². The highest BCUT2D eigenvalue weighted by molar-refractivity contribution is 6.10. The van der Waals surface area contributed by atoms with Gasteiger partial charge < -0.3 is 5.73 Å². The molecule has 0 unspecified atom stereocenters. The maximum atomic E-state index is 11.9. The molecule has 0 amide bonds. The van der Waals surface area contributed by atoms with Crippen molar-refractivity contribution in [2.75, 3.05) is 0 Å². The van der Waals surface area contributed by atoms with Gasteiger partial charge in [-0.15, -0.1) is 0 Å². The van der Waals surface area contributed by atoms with Crippen molar-refractivity contribution >= 4 is 11.5 Å². The van der Waals surface area contributed by atoms with E-state index in [1.807, 2.05) is 30.3 Å². The first-order chi connectivity index (χ1) is 7.79. The van der Waals surface area contributed by atoms with Gasteiger partial charge >= 0.3 is 0 Å².